The van der Waals surface area contributed by atoms with Gasteiger partial charge in [0.05, 0.1) is 38.2 Å². The smallest absolute Gasteiger partial charge is 0.262 e. The summed E-state index contributed by atoms with van der Waals surface area (Å²) in [5.41, 5.74) is 3.08. The number of hydrogen-bond donors (Lipinski definition) is 0. The van der Waals surface area contributed by atoms with Gasteiger partial charge in [0.15, 0.2) is 11.5 Å². The summed E-state index contributed by atoms with van der Waals surface area (Å²) in [5.74, 6) is 1.35. The van der Waals surface area contributed by atoms with E-state index in [0.29, 0.717) is 18.0 Å². The molecule has 1 aromatic carbocycles. The Morgan fingerprint density at radius 3 is 2.77 bits per heavy atom. The molecular formula is C23H23N3O3S2. The third-order valence-corrected chi connectivity index (χ3v) is 7.85. The number of hydrogen-bond acceptors (Lipinski definition) is 7. The molecule has 0 atom stereocenters. The highest BCUT2D eigenvalue weighted by atomic mass is 32.1. The van der Waals surface area contributed by atoms with Gasteiger partial charge in [0.25, 0.3) is 5.56 Å². The molecule has 31 heavy (non-hydrogen) atoms. The van der Waals surface area contributed by atoms with Gasteiger partial charge in [0.1, 0.15) is 9.84 Å². The minimum Gasteiger partial charge on any atom is -0.493 e. The average Bonchev–Trinajstić information content (AvgIpc) is 3.33. The molecule has 6 nitrogen and oxygen atoms in total. The van der Waals surface area contributed by atoms with Crippen LogP contribution in [0.3, 0.4) is 0 Å². The van der Waals surface area contributed by atoms with Crippen LogP contribution >= 0.6 is 22.7 Å². The fourth-order valence-electron chi connectivity index (χ4n) is 4.13. The molecule has 0 N–H and O–H groups in total. The Hall–Kier alpha value is -2.71. The normalized spacial score (nSPS) is 13.7. The van der Waals surface area contributed by atoms with Crippen LogP contribution in [0.1, 0.15) is 35.4 Å². The van der Waals surface area contributed by atoms with Gasteiger partial charge in [-0.05, 0) is 49.4 Å². The first-order valence-corrected chi connectivity index (χ1v) is 12.0. The van der Waals surface area contributed by atoms with E-state index in [2.05, 4.69) is 4.98 Å². The first-order chi connectivity index (χ1) is 15.2. The van der Waals surface area contributed by atoms with Gasteiger partial charge in [-0.3, -0.25) is 9.36 Å². The van der Waals surface area contributed by atoms with E-state index in [1.54, 1.807) is 47.8 Å². The van der Waals surface area contributed by atoms with E-state index < -0.39 is 0 Å². The molecule has 3 heterocycles. The molecule has 1 aliphatic carbocycles. The summed E-state index contributed by atoms with van der Waals surface area (Å²) in [6.07, 6.45) is 7.29. The second-order valence-electron chi connectivity index (χ2n) is 7.64. The van der Waals surface area contributed by atoms with Gasteiger partial charge >= 0.3 is 0 Å². The summed E-state index contributed by atoms with van der Waals surface area (Å²) in [4.78, 5) is 24.9. The molecule has 0 saturated carbocycles. The molecule has 0 unspecified atom stereocenters. The number of aromatic nitrogens is 3. The van der Waals surface area contributed by atoms with Crippen molar-refractivity contribution in [1.82, 2.24) is 14.5 Å². The Morgan fingerprint density at radius 2 is 1.94 bits per heavy atom. The average molecular weight is 454 g/mol. The topological polar surface area (TPSA) is 66.2 Å². The number of methoxy groups -OCH3 is 2. The summed E-state index contributed by atoms with van der Waals surface area (Å²) in [7, 11) is 3.24. The van der Waals surface area contributed by atoms with Crippen molar-refractivity contribution in [3.05, 3.63) is 56.4 Å². The van der Waals surface area contributed by atoms with Crippen molar-refractivity contribution in [2.45, 2.75) is 38.6 Å². The van der Waals surface area contributed by atoms with Crippen LogP contribution in [-0.4, -0.2) is 28.8 Å². The molecule has 0 spiro atoms. The van der Waals surface area contributed by atoms with Crippen molar-refractivity contribution in [3.8, 4) is 22.1 Å². The minimum absolute atomic E-state index is 0.0464. The van der Waals surface area contributed by atoms with Crippen molar-refractivity contribution in [3.63, 3.8) is 0 Å². The lowest BCUT2D eigenvalue weighted by atomic mass is 10.1. The van der Waals surface area contributed by atoms with Crippen LogP contribution < -0.4 is 15.0 Å². The number of aryl methyl sites for hydroxylation is 2. The highest BCUT2D eigenvalue weighted by Crippen LogP contribution is 2.34. The van der Waals surface area contributed by atoms with Crippen molar-refractivity contribution in [2.75, 3.05) is 14.2 Å². The summed E-state index contributed by atoms with van der Waals surface area (Å²) < 4.78 is 12.4. The number of rotatable bonds is 5. The zero-order chi connectivity index (χ0) is 21.4. The lowest BCUT2D eigenvalue weighted by Gasteiger charge is -2.08. The molecule has 160 valence electrons. The van der Waals surface area contributed by atoms with E-state index in [1.165, 1.54) is 23.3 Å². The zero-order valence-electron chi connectivity index (χ0n) is 17.5. The Bertz CT molecular complexity index is 1310. The maximum Gasteiger partial charge on any atom is 0.262 e. The molecule has 0 aliphatic heterocycles. The fraction of sp³-hybridized carbons (Fsp3) is 0.348. The van der Waals surface area contributed by atoms with Gasteiger partial charge in [-0.2, -0.15) is 0 Å². The third kappa shape index (κ3) is 3.74. The molecule has 0 fully saturated rings. The quantitative estimate of drug-likeness (QED) is 0.402. The number of ether oxygens (including phenoxy) is 2. The van der Waals surface area contributed by atoms with Crippen LogP contribution in [0.15, 0.2) is 34.7 Å². The number of thiophene rings is 1. The van der Waals surface area contributed by atoms with Gasteiger partial charge in [0, 0.05) is 15.8 Å². The molecule has 8 heteroatoms. The van der Waals surface area contributed by atoms with E-state index >= 15 is 0 Å². The lowest BCUT2D eigenvalue weighted by molar-refractivity contribution is 0.355. The Balaban J connectivity index is 1.46. The van der Waals surface area contributed by atoms with E-state index in [0.717, 1.165) is 45.7 Å². The van der Waals surface area contributed by atoms with Crippen LogP contribution in [-0.2, 0) is 19.4 Å². The van der Waals surface area contributed by atoms with E-state index in [1.807, 2.05) is 23.6 Å². The summed E-state index contributed by atoms with van der Waals surface area (Å²) in [6.45, 7) is 0.413. The largest absolute Gasteiger partial charge is 0.493 e. The monoisotopic (exact) mass is 453 g/mol. The summed E-state index contributed by atoms with van der Waals surface area (Å²) >= 11 is 3.24. The van der Waals surface area contributed by atoms with Crippen LogP contribution in [0.4, 0.5) is 0 Å². The molecule has 0 bridgehead atoms. The van der Waals surface area contributed by atoms with Crippen molar-refractivity contribution in [1.29, 1.82) is 0 Å². The van der Waals surface area contributed by atoms with Crippen molar-refractivity contribution >= 4 is 32.9 Å². The molecule has 0 saturated heterocycles. The standard InChI is InChI=1S/C23H23N3O3S2/c1-28-17-9-8-14(10-18(17)29-2)21-25-15(12-30-21)11-26-13-24-22-20(23(26)27)16-6-4-3-5-7-19(16)31-22/h8-10,12-13H,3-7,11H2,1-2H3. The maximum absolute atomic E-state index is 13.3. The number of thiazole rings is 1. The maximum atomic E-state index is 13.3. The number of nitrogens with zero attached hydrogens (tertiary/aromatic N) is 3. The minimum atomic E-state index is 0.0464. The molecule has 0 radical (unpaired) electrons. The van der Waals surface area contributed by atoms with Crippen LogP contribution in [0.5, 0.6) is 11.5 Å². The van der Waals surface area contributed by atoms with Gasteiger partial charge in [-0.15, -0.1) is 22.7 Å². The first-order valence-electron chi connectivity index (χ1n) is 10.3. The highest BCUT2D eigenvalue weighted by molar-refractivity contribution is 7.18. The SMILES string of the molecule is COc1ccc(-c2nc(Cn3cnc4sc5c(c4c3=O)CCCCC5)cs2)cc1OC. The highest BCUT2D eigenvalue weighted by Gasteiger charge is 2.19. The molecule has 1 aliphatic rings. The Kier molecular flexibility index (Phi) is 5.50. The zero-order valence-corrected chi connectivity index (χ0v) is 19.1. The molecule has 0 amide bonds. The molecular weight excluding hydrogens is 430 g/mol. The fourth-order valence-corrected chi connectivity index (χ4v) is 6.15. The Labute approximate surface area is 188 Å². The molecule has 5 rings (SSSR count). The van der Waals surface area contributed by atoms with Gasteiger partial charge in [-0.1, -0.05) is 6.42 Å². The predicted octanol–water partition coefficient (Wildman–Crippen LogP) is 4.92. The summed E-state index contributed by atoms with van der Waals surface area (Å²) in [5, 5.41) is 3.69. The lowest BCUT2D eigenvalue weighted by Crippen LogP contribution is -2.21. The number of fused-ring (bicyclic) bond motifs is 3. The van der Waals surface area contributed by atoms with E-state index in [9.17, 15) is 4.79 Å². The van der Waals surface area contributed by atoms with E-state index in [4.69, 9.17) is 14.5 Å². The van der Waals surface area contributed by atoms with E-state index in [-0.39, 0.29) is 5.56 Å². The molecule has 4 aromatic rings. The third-order valence-electron chi connectivity index (χ3n) is 5.71. The van der Waals surface area contributed by atoms with Crippen molar-refractivity contribution in [2.24, 2.45) is 0 Å². The van der Waals surface area contributed by atoms with Crippen LogP contribution in [0, 0.1) is 0 Å². The predicted molar refractivity (Wildman–Crippen MR) is 125 cm³/mol. The summed E-state index contributed by atoms with van der Waals surface area (Å²) in [6, 6.07) is 5.76. The van der Waals surface area contributed by atoms with Gasteiger partial charge in [-0.25, -0.2) is 9.97 Å². The van der Waals surface area contributed by atoms with Crippen molar-refractivity contribution < 1.29 is 9.47 Å². The van der Waals surface area contributed by atoms with Gasteiger partial charge < -0.3 is 9.47 Å². The molecule has 3 aromatic heterocycles. The first kappa shape index (κ1) is 20.2. The second kappa shape index (κ2) is 8.43. The van der Waals surface area contributed by atoms with Crippen LogP contribution in [0.2, 0.25) is 0 Å². The Morgan fingerprint density at radius 1 is 1.10 bits per heavy atom. The van der Waals surface area contributed by atoms with Crippen LogP contribution in [0.25, 0.3) is 20.8 Å². The second-order valence-corrected chi connectivity index (χ2v) is 9.58. The number of benzene rings is 1. The van der Waals surface area contributed by atoms with Gasteiger partial charge in [0.2, 0.25) is 0 Å².